The minimum atomic E-state index is -0.374. The smallest absolute Gasteiger partial charge is 0.221 e. The first-order chi connectivity index (χ1) is 6.59. The van der Waals surface area contributed by atoms with Crippen LogP contribution in [0, 0.1) is 0 Å². The van der Waals surface area contributed by atoms with Gasteiger partial charge in [0, 0.05) is 12.5 Å². The lowest BCUT2D eigenvalue weighted by Gasteiger charge is -2.28. The molecule has 4 N–H and O–H groups in total. The highest BCUT2D eigenvalue weighted by molar-refractivity contribution is 5.76. The molecule has 0 aliphatic heterocycles. The van der Waals surface area contributed by atoms with Crippen molar-refractivity contribution in [2.45, 2.75) is 57.2 Å². The van der Waals surface area contributed by atoms with Crippen LogP contribution in [0.2, 0.25) is 0 Å². The van der Waals surface area contributed by atoms with Crippen LogP contribution in [0.1, 0.15) is 39.0 Å². The molecule has 1 rings (SSSR count). The summed E-state index contributed by atoms with van der Waals surface area (Å²) in [7, 11) is 0. The maximum absolute atomic E-state index is 11.4. The van der Waals surface area contributed by atoms with Crippen LogP contribution >= 0.6 is 0 Å². The number of hydrogen-bond donors (Lipinski definition) is 3. The molecule has 0 aromatic heterocycles. The fourth-order valence-electron chi connectivity index (χ4n) is 1.84. The number of amides is 1. The minimum Gasteiger partial charge on any atom is -0.391 e. The molecule has 0 aromatic rings. The molecule has 0 saturated heterocycles. The molecule has 1 amide bonds. The summed E-state index contributed by atoms with van der Waals surface area (Å²) in [5, 5.41) is 12.4. The Morgan fingerprint density at radius 2 is 2.21 bits per heavy atom. The molecular weight excluding hydrogens is 180 g/mol. The van der Waals surface area contributed by atoms with E-state index in [1.165, 1.54) is 0 Å². The van der Waals surface area contributed by atoms with Crippen molar-refractivity contribution in [3.05, 3.63) is 0 Å². The number of aliphatic hydroxyl groups excluding tert-OH is 1. The van der Waals surface area contributed by atoms with Gasteiger partial charge in [-0.1, -0.05) is 12.8 Å². The predicted octanol–water partition coefficient (Wildman–Crippen LogP) is 0.143. The zero-order valence-electron chi connectivity index (χ0n) is 8.70. The number of nitrogens with one attached hydrogen (secondary N) is 1. The van der Waals surface area contributed by atoms with Crippen molar-refractivity contribution in [1.29, 1.82) is 0 Å². The average molecular weight is 200 g/mol. The molecule has 1 fully saturated rings. The van der Waals surface area contributed by atoms with Crippen molar-refractivity contribution in [3.8, 4) is 0 Å². The third kappa shape index (κ3) is 3.64. The van der Waals surface area contributed by atoms with Crippen LogP contribution < -0.4 is 11.1 Å². The number of rotatable bonds is 3. The molecule has 0 bridgehead atoms. The summed E-state index contributed by atoms with van der Waals surface area (Å²) in [4.78, 5) is 11.4. The SMILES string of the molecule is CC(N)CC(=O)NC1CCCCC1O. The second-order valence-corrected chi connectivity index (χ2v) is 4.21. The third-order valence-electron chi connectivity index (χ3n) is 2.58. The first-order valence-corrected chi connectivity index (χ1v) is 5.32. The normalized spacial score (nSPS) is 29.6. The number of carbonyl (C=O) groups excluding carboxylic acids is 1. The summed E-state index contributed by atoms with van der Waals surface area (Å²) in [6.45, 7) is 1.80. The largest absolute Gasteiger partial charge is 0.391 e. The average Bonchev–Trinajstić information content (AvgIpc) is 2.07. The molecule has 1 aliphatic rings. The van der Waals surface area contributed by atoms with Crippen molar-refractivity contribution < 1.29 is 9.90 Å². The first kappa shape index (κ1) is 11.5. The first-order valence-electron chi connectivity index (χ1n) is 5.32. The van der Waals surface area contributed by atoms with Gasteiger partial charge in [-0.25, -0.2) is 0 Å². The van der Waals surface area contributed by atoms with Crippen LogP contribution in [0.3, 0.4) is 0 Å². The van der Waals surface area contributed by atoms with E-state index in [4.69, 9.17) is 5.73 Å². The lowest BCUT2D eigenvalue weighted by Crippen LogP contribution is -2.46. The minimum absolute atomic E-state index is 0.0500. The van der Waals surface area contributed by atoms with E-state index in [2.05, 4.69) is 5.32 Å². The molecule has 0 aromatic carbocycles. The van der Waals surface area contributed by atoms with Crippen LogP contribution in [0.25, 0.3) is 0 Å². The molecular formula is C10H20N2O2. The Morgan fingerprint density at radius 1 is 1.57 bits per heavy atom. The molecule has 0 spiro atoms. The van der Waals surface area contributed by atoms with Crippen LogP contribution in [0.5, 0.6) is 0 Å². The Hall–Kier alpha value is -0.610. The van der Waals surface area contributed by atoms with Crippen LogP contribution in [-0.4, -0.2) is 29.2 Å². The summed E-state index contributed by atoms with van der Waals surface area (Å²) in [5.74, 6) is -0.0500. The van der Waals surface area contributed by atoms with Gasteiger partial charge in [-0.15, -0.1) is 0 Å². The zero-order valence-corrected chi connectivity index (χ0v) is 8.70. The predicted molar refractivity (Wildman–Crippen MR) is 54.7 cm³/mol. The Labute approximate surface area is 84.9 Å². The molecule has 14 heavy (non-hydrogen) atoms. The molecule has 3 unspecified atom stereocenters. The van der Waals surface area contributed by atoms with Crippen molar-refractivity contribution in [3.63, 3.8) is 0 Å². The molecule has 1 aliphatic carbocycles. The van der Waals surface area contributed by atoms with Gasteiger partial charge in [0.1, 0.15) is 0 Å². The van der Waals surface area contributed by atoms with Gasteiger partial charge in [0.15, 0.2) is 0 Å². The molecule has 0 radical (unpaired) electrons. The maximum atomic E-state index is 11.4. The second kappa shape index (κ2) is 5.32. The second-order valence-electron chi connectivity index (χ2n) is 4.21. The van der Waals surface area contributed by atoms with E-state index in [0.29, 0.717) is 6.42 Å². The summed E-state index contributed by atoms with van der Waals surface area (Å²) in [5.41, 5.74) is 5.51. The fourth-order valence-corrected chi connectivity index (χ4v) is 1.84. The lowest BCUT2D eigenvalue weighted by atomic mass is 9.92. The third-order valence-corrected chi connectivity index (χ3v) is 2.58. The van der Waals surface area contributed by atoms with Gasteiger partial charge in [-0.2, -0.15) is 0 Å². The topological polar surface area (TPSA) is 75.4 Å². The highest BCUT2D eigenvalue weighted by atomic mass is 16.3. The van der Waals surface area contributed by atoms with Crippen molar-refractivity contribution in [2.75, 3.05) is 0 Å². The van der Waals surface area contributed by atoms with Crippen LogP contribution in [-0.2, 0) is 4.79 Å². The number of nitrogens with two attached hydrogens (primary N) is 1. The van der Waals surface area contributed by atoms with E-state index in [9.17, 15) is 9.90 Å². The summed E-state index contributed by atoms with van der Waals surface area (Å²) >= 11 is 0. The van der Waals surface area contributed by atoms with E-state index in [1.807, 2.05) is 0 Å². The molecule has 0 heterocycles. The molecule has 4 nitrogen and oxygen atoms in total. The number of hydrogen-bond acceptors (Lipinski definition) is 3. The van der Waals surface area contributed by atoms with Gasteiger partial charge in [0.05, 0.1) is 12.1 Å². The Morgan fingerprint density at radius 3 is 2.79 bits per heavy atom. The van der Waals surface area contributed by atoms with Crippen molar-refractivity contribution in [1.82, 2.24) is 5.32 Å². The molecule has 1 saturated carbocycles. The zero-order chi connectivity index (χ0) is 10.6. The highest BCUT2D eigenvalue weighted by Crippen LogP contribution is 2.18. The van der Waals surface area contributed by atoms with Gasteiger partial charge in [0.25, 0.3) is 0 Å². The highest BCUT2D eigenvalue weighted by Gasteiger charge is 2.24. The van der Waals surface area contributed by atoms with E-state index in [0.717, 1.165) is 25.7 Å². The fraction of sp³-hybridized carbons (Fsp3) is 0.900. The number of carbonyl (C=O) groups is 1. The number of aliphatic hydroxyl groups is 1. The molecule has 82 valence electrons. The quantitative estimate of drug-likeness (QED) is 0.606. The van der Waals surface area contributed by atoms with Gasteiger partial charge < -0.3 is 16.2 Å². The van der Waals surface area contributed by atoms with E-state index < -0.39 is 0 Å². The molecule has 3 atom stereocenters. The monoisotopic (exact) mass is 200 g/mol. The van der Waals surface area contributed by atoms with Crippen molar-refractivity contribution >= 4 is 5.91 Å². The van der Waals surface area contributed by atoms with Crippen LogP contribution in [0.15, 0.2) is 0 Å². The summed E-state index contributed by atoms with van der Waals surface area (Å²) in [6, 6.07) is -0.175. The van der Waals surface area contributed by atoms with Gasteiger partial charge in [-0.3, -0.25) is 4.79 Å². The van der Waals surface area contributed by atoms with E-state index in [-0.39, 0.29) is 24.1 Å². The Balaban J connectivity index is 2.31. The summed E-state index contributed by atoms with van der Waals surface area (Å²) in [6.07, 6.45) is 3.78. The molecule has 4 heteroatoms. The van der Waals surface area contributed by atoms with E-state index in [1.54, 1.807) is 6.92 Å². The van der Waals surface area contributed by atoms with Gasteiger partial charge in [0.2, 0.25) is 5.91 Å². The standard InChI is InChI=1S/C10H20N2O2/c1-7(11)6-10(14)12-8-4-2-3-5-9(8)13/h7-9,13H,2-6,11H2,1H3,(H,12,14). The lowest BCUT2D eigenvalue weighted by molar-refractivity contribution is -0.123. The Kier molecular flexibility index (Phi) is 4.35. The van der Waals surface area contributed by atoms with Gasteiger partial charge in [-0.05, 0) is 19.8 Å². The van der Waals surface area contributed by atoms with Gasteiger partial charge >= 0.3 is 0 Å². The van der Waals surface area contributed by atoms with E-state index >= 15 is 0 Å². The Bertz CT molecular complexity index is 195. The maximum Gasteiger partial charge on any atom is 0.221 e. The van der Waals surface area contributed by atoms with Crippen molar-refractivity contribution in [2.24, 2.45) is 5.73 Å². The summed E-state index contributed by atoms with van der Waals surface area (Å²) < 4.78 is 0. The van der Waals surface area contributed by atoms with Crippen LogP contribution in [0.4, 0.5) is 0 Å².